The Labute approximate surface area is 224 Å². The van der Waals surface area contributed by atoms with Crippen molar-refractivity contribution < 1.29 is 4.42 Å². The molecule has 0 amide bonds. The molecule has 0 aliphatic carbocycles. The lowest BCUT2D eigenvalue weighted by molar-refractivity contribution is 0.620. The number of para-hydroxylation sites is 2. The number of benzene rings is 6. The van der Waals surface area contributed by atoms with Gasteiger partial charge in [0.25, 0.3) is 0 Å². The summed E-state index contributed by atoms with van der Waals surface area (Å²) in [5.41, 5.74) is 6.45. The van der Waals surface area contributed by atoms with Crippen molar-refractivity contribution in [3.8, 4) is 34.1 Å². The summed E-state index contributed by atoms with van der Waals surface area (Å²) in [4.78, 5) is 15.0. The smallest absolute Gasteiger partial charge is 0.227 e. The second-order valence-corrected chi connectivity index (χ2v) is 9.67. The number of fused-ring (bicyclic) bond motifs is 5. The fourth-order valence-electron chi connectivity index (χ4n) is 5.39. The summed E-state index contributed by atoms with van der Waals surface area (Å²) in [6.45, 7) is 0. The van der Waals surface area contributed by atoms with Gasteiger partial charge in [-0.05, 0) is 46.5 Å². The maximum atomic E-state index is 5.98. The fraction of sp³-hybridized carbons (Fsp3) is 0. The largest absolute Gasteiger partial charge is 0.436 e. The summed E-state index contributed by atoms with van der Waals surface area (Å²) in [6, 6.07) is 43.5. The van der Waals surface area contributed by atoms with Crippen molar-refractivity contribution in [1.82, 2.24) is 15.0 Å². The van der Waals surface area contributed by atoms with Crippen molar-refractivity contribution >= 4 is 43.5 Å². The van der Waals surface area contributed by atoms with E-state index < -0.39 is 0 Å². The van der Waals surface area contributed by atoms with Crippen molar-refractivity contribution in [3.63, 3.8) is 0 Å². The van der Waals surface area contributed by atoms with Crippen molar-refractivity contribution in [2.45, 2.75) is 0 Å². The molecule has 0 fully saturated rings. The van der Waals surface area contributed by atoms with Gasteiger partial charge in [0.1, 0.15) is 5.52 Å². The van der Waals surface area contributed by atoms with E-state index in [9.17, 15) is 0 Å². The Morgan fingerprint density at radius 2 is 1.15 bits per heavy atom. The van der Waals surface area contributed by atoms with Crippen molar-refractivity contribution in [2.24, 2.45) is 0 Å². The number of hydrogen-bond donors (Lipinski definition) is 0. The van der Waals surface area contributed by atoms with Gasteiger partial charge in [-0.1, -0.05) is 97.1 Å². The molecule has 4 nitrogen and oxygen atoms in total. The average molecular weight is 500 g/mol. The lowest BCUT2D eigenvalue weighted by Gasteiger charge is -2.13. The van der Waals surface area contributed by atoms with Crippen LogP contribution in [0.4, 0.5) is 0 Å². The van der Waals surface area contributed by atoms with Gasteiger partial charge in [-0.25, -0.2) is 15.0 Å². The molecule has 0 atom stereocenters. The third kappa shape index (κ3) is 3.57. The van der Waals surface area contributed by atoms with Crippen molar-refractivity contribution in [3.05, 3.63) is 127 Å². The molecule has 0 unspecified atom stereocenters. The highest BCUT2D eigenvalue weighted by Gasteiger charge is 2.16. The first-order valence-corrected chi connectivity index (χ1v) is 13.0. The van der Waals surface area contributed by atoms with Crippen LogP contribution >= 0.6 is 0 Å². The molecule has 8 rings (SSSR count). The fourth-order valence-corrected chi connectivity index (χ4v) is 5.39. The standard InChI is InChI=1S/C35H21N3O/c1-3-11-26-22(8-1)10-7-13-28(26)33-29-21-20-23-9-2-4-12-27(23)32(29)37-34(38-33)24-16-18-25(19-17-24)35-36-30-14-5-6-15-31(30)39-35/h1-21H. The number of rotatable bonds is 3. The summed E-state index contributed by atoms with van der Waals surface area (Å²) in [5, 5.41) is 5.67. The molecule has 0 bridgehead atoms. The van der Waals surface area contributed by atoms with Gasteiger partial charge in [0, 0.05) is 27.5 Å². The predicted octanol–water partition coefficient (Wildman–Crippen LogP) is 9.08. The van der Waals surface area contributed by atoms with E-state index in [0.29, 0.717) is 11.7 Å². The molecule has 0 aliphatic heterocycles. The van der Waals surface area contributed by atoms with Gasteiger partial charge in [-0.15, -0.1) is 0 Å². The van der Waals surface area contributed by atoms with Crippen LogP contribution in [0.1, 0.15) is 0 Å². The van der Waals surface area contributed by atoms with Gasteiger partial charge < -0.3 is 4.42 Å². The molecule has 0 spiro atoms. The highest BCUT2D eigenvalue weighted by molar-refractivity contribution is 6.12. The van der Waals surface area contributed by atoms with Crippen LogP contribution in [-0.4, -0.2) is 15.0 Å². The molecule has 0 saturated carbocycles. The van der Waals surface area contributed by atoms with E-state index in [4.69, 9.17) is 14.4 Å². The first-order chi connectivity index (χ1) is 19.3. The van der Waals surface area contributed by atoms with E-state index in [-0.39, 0.29) is 0 Å². The lowest BCUT2D eigenvalue weighted by Crippen LogP contribution is -1.96. The van der Waals surface area contributed by atoms with E-state index in [1.54, 1.807) is 0 Å². The Balaban J connectivity index is 1.34. The van der Waals surface area contributed by atoms with Crippen LogP contribution in [0.25, 0.3) is 77.6 Å². The normalized spacial score (nSPS) is 11.6. The molecule has 8 aromatic rings. The molecule has 0 aliphatic rings. The van der Waals surface area contributed by atoms with E-state index in [1.165, 1.54) is 10.8 Å². The van der Waals surface area contributed by atoms with Gasteiger partial charge in [0.2, 0.25) is 5.89 Å². The molecule has 2 aromatic heterocycles. The van der Waals surface area contributed by atoms with Gasteiger partial charge in [0.15, 0.2) is 11.4 Å². The van der Waals surface area contributed by atoms with Crippen LogP contribution < -0.4 is 0 Å². The van der Waals surface area contributed by atoms with Crippen LogP contribution in [0.3, 0.4) is 0 Å². The first-order valence-electron chi connectivity index (χ1n) is 13.0. The minimum atomic E-state index is 0.601. The number of aromatic nitrogens is 3. The SMILES string of the molecule is c1ccc2c(-c3nc(-c4ccc(-c5nc6ccccc6o5)cc4)nc4c3ccc3ccccc34)cccc2c1. The van der Waals surface area contributed by atoms with Gasteiger partial charge in [-0.3, -0.25) is 0 Å². The highest BCUT2D eigenvalue weighted by Crippen LogP contribution is 2.36. The number of nitrogens with zero attached hydrogens (tertiary/aromatic N) is 3. The molecule has 0 radical (unpaired) electrons. The zero-order valence-corrected chi connectivity index (χ0v) is 20.9. The average Bonchev–Trinajstić information content (AvgIpc) is 3.45. The topological polar surface area (TPSA) is 51.8 Å². The van der Waals surface area contributed by atoms with Crippen LogP contribution in [0.5, 0.6) is 0 Å². The Bertz CT molecular complexity index is 2140. The number of hydrogen-bond acceptors (Lipinski definition) is 4. The Kier molecular flexibility index (Phi) is 4.79. The van der Waals surface area contributed by atoms with Gasteiger partial charge in [0.05, 0.1) is 11.2 Å². The molecule has 6 aromatic carbocycles. The van der Waals surface area contributed by atoms with E-state index in [1.807, 2.05) is 48.5 Å². The molecule has 4 heteroatoms. The van der Waals surface area contributed by atoms with Crippen molar-refractivity contribution in [2.75, 3.05) is 0 Å². The lowest BCUT2D eigenvalue weighted by atomic mass is 9.97. The van der Waals surface area contributed by atoms with E-state index in [2.05, 4.69) is 83.8 Å². The van der Waals surface area contributed by atoms with Gasteiger partial charge in [-0.2, -0.15) is 0 Å². The summed E-state index contributed by atoms with van der Waals surface area (Å²) in [6.07, 6.45) is 0. The quantitative estimate of drug-likeness (QED) is 0.228. The third-order valence-corrected chi connectivity index (χ3v) is 7.32. The Morgan fingerprint density at radius 3 is 2.00 bits per heavy atom. The second-order valence-electron chi connectivity index (χ2n) is 9.67. The van der Waals surface area contributed by atoms with Crippen LogP contribution in [0.2, 0.25) is 0 Å². The summed E-state index contributed by atoms with van der Waals surface area (Å²) < 4.78 is 5.98. The molecule has 182 valence electrons. The Morgan fingerprint density at radius 1 is 0.462 bits per heavy atom. The molecule has 39 heavy (non-hydrogen) atoms. The Hall–Kier alpha value is -5.35. The first kappa shape index (κ1) is 21.7. The van der Waals surface area contributed by atoms with E-state index >= 15 is 0 Å². The second kappa shape index (κ2) is 8.61. The maximum absolute atomic E-state index is 5.98. The highest BCUT2D eigenvalue weighted by atomic mass is 16.3. The molecule has 0 N–H and O–H groups in total. The monoisotopic (exact) mass is 499 g/mol. The summed E-state index contributed by atoms with van der Waals surface area (Å²) >= 11 is 0. The molecular weight excluding hydrogens is 478 g/mol. The summed E-state index contributed by atoms with van der Waals surface area (Å²) in [5.74, 6) is 1.29. The van der Waals surface area contributed by atoms with Crippen LogP contribution in [0.15, 0.2) is 132 Å². The predicted molar refractivity (Wildman–Crippen MR) is 158 cm³/mol. The molecule has 0 saturated heterocycles. The van der Waals surface area contributed by atoms with Crippen LogP contribution in [-0.2, 0) is 0 Å². The van der Waals surface area contributed by atoms with Crippen LogP contribution in [0, 0.1) is 0 Å². The third-order valence-electron chi connectivity index (χ3n) is 7.32. The minimum absolute atomic E-state index is 0.601. The molecule has 2 heterocycles. The zero-order chi connectivity index (χ0) is 25.8. The van der Waals surface area contributed by atoms with Gasteiger partial charge >= 0.3 is 0 Å². The number of oxazole rings is 1. The zero-order valence-electron chi connectivity index (χ0n) is 20.9. The summed E-state index contributed by atoms with van der Waals surface area (Å²) in [7, 11) is 0. The van der Waals surface area contributed by atoms with E-state index in [0.717, 1.165) is 55.2 Å². The maximum Gasteiger partial charge on any atom is 0.227 e. The minimum Gasteiger partial charge on any atom is -0.436 e. The molecular formula is C35H21N3O. The van der Waals surface area contributed by atoms with Crippen molar-refractivity contribution in [1.29, 1.82) is 0 Å².